The van der Waals surface area contributed by atoms with Crippen LogP contribution in [0.2, 0.25) is 0 Å². The van der Waals surface area contributed by atoms with Crippen LogP contribution in [0, 0.1) is 23.7 Å². The number of ether oxygens (including phenoxy) is 2. The average Bonchev–Trinajstić information content (AvgIpc) is 3.01. The molecule has 5 heteroatoms. The van der Waals surface area contributed by atoms with Gasteiger partial charge in [-0.25, -0.2) is 4.79 Å². The lowest BCUT2D eigenvalue weighted by Gasteiger charge is -2.17. The van der Waals surface area contributed by atoms with Crippen LogP contribution in [0.4, 0.5) is 0 Å². The van der Waals surface area contributed by atoms with Crippen molar-refractivity contribution in [1.82, 2.24) is 0 Å². The molecule has 2 rings (SSSR count). The van der Waals surface area contributed by atoms with Crippen molar-refractivity contribution in [2.24, 2.45) is 11.8 Å². The summed E-state index contributed by atoms with van der Waals surface area (Å²) in [6.07, 6.45) is 6.50. The molecule has 1 aliphatic carbocycles. The van der Waals surface area contributed by atoms with E-state index in [2.05, 4.69) is 23.2 Å². The summed E-state index contributed by atoms with van der Waals surface area (Å²) in [6.45, 7) is 4.66. The SMILES string of the molecule is C=C1C[C@@H](O)[C@H](C#C[C@@H](O)Cc2cccc(COC)c2)C1CCCC/C=C/C(=O)OC. The van der Waals surface area contributed by atoms with Crippen molar-refractivity contribution in [3.05, 3.63) is 59.7 Å². The summed E-state index contributed by atoms with van der Waals surface area (Å²) < 4.78 is 9.73. The van der Waals surface area contributed by atoms with Crippen LogP contribution < -0.4 is 0 Å². The zero-order valence-corrected chi connectivity index (χ0v) is 18.5. The molecule has 0 bridgehead atoms. The van der Waals surface area contributed by atoms with Crippen molar-refractivity contribution >= 4 is 5.97 Å². The van der Waals surface area contributed by atoms with E-state index in [1.54, 1.807) is 7.11 Å². The topological polar surface area (TPSA) is 76.0 Å². The summed E-state index contributed by atoms with van der Waals surface area (Å²) in [6, 6.07) is 7.91. The number of rotatable bonds is 10. The van der Waals surface area contributed by atoms with Crippen LogP contribution in [0.25, 0.3) is 0 Å². The number of benzene rings is 1. The molecule has 5 nitrogen and oxygen atoms in total. The van der Waals surface area contributed by atoms with Crippen LogP contribution in [-0.2, 0) is 27.3 Å². The van der Waals surface area contributed by atoms with E-state index in [0.717, 1.165) is 42.4 Å². The molecule has 1 unspecified atom stereocenters. The Balaban J connectivity index is 1.89. The highest BCUT2D eigenvalue weighted by molar-refractivity contribution is 5.81. The first-order valence-electron chi connectivity index (χ1n) is 10.8. The summed E-state index contributed by atoms with van der Waals surface area (Å²) in [7, 11) is 3.02. The number of hydrogen-bond donors (Lipinski definition) is 2. The zero-order chi connectivity index (χ0) is 22.6. The van der Waals surface area contributed by atoms with Crippen molar-refractivity contribution in [3.8, 4) is 11.8 Å². The minimum absolute atomic E-state index is 0.129. The Hall–Kier alpha value is -2.39. The van der Waals surface area contributed by atoms with Crippen molar-refractivity contribution in [3.63, 3.8) is 0 Å². The third-order valence-electron chi connectivity index (χ3n) is 5.58. The highest BCUT2D eigenvalue weighted by Gasteiger charge is 2.36. The molecule has 1 fully saturated rings. The third kappa shape index (κ3) is 8.34. The maximum Gasteiger partial charge on any atom is 0.330 e. The van der Waals surface area contributed by atoms with Gasteiger partial charge in [-0.3, -0.25) is 0 Å². The van der Waals surface area contributed by atoms with Crippen molar-refractivity contribution in [2.75, 3.05) is 14.2 Å². The van der Waals surface area contributed by atoms with Crippen LogP contribution in [-0.4, -0.2) is 42.6 Å². The van der Waals surface area contributed by atoms with E-state index < -0.39 is 12.2 Å². The van der Waals surface area contributed by atoms with E-state index in [-0.39, 0.29) is 17.8 Å². The maximum absolute atomic E-state index is 11.1. The monoisotopic (exact) mass is 426 g/mol. The first-order chi connectivity index (χ1) is 14.9. The van der Waals surface area contributed by atoms with Gasteiger partial charge in [-0.2, -0.15) is 0 Å². The van der Waals surface area contributed by atoms with Gasteiger partial charge in [0.05, 0.1) is 25.7 Å². The average molecular weight is 427 g/mol. The smallest absolute Gasteiger partial charge is 0.330 e. The van der Waals surface area contributed by atoms with Gasteiger partial charge in [0.1, 0.15) is 6.10 Å². The van der Waals surface area contributed by atoms with Crippen LogP contribution in [0.15, 0.2) is 48.6 Å². The molecular formula is C26H34O5. The number of aliphatic hydroxyl groups excluding tert-OH is 2. The van der Waals surface area contributed by atoms with Gasteiger partial charge in [0.15, 0.2) is 0 Å². The molecule has 4 atom stereocenters. The maximum atomic E-state index is 11.1. The number of unbranched alkanes of at least 4 members (excludes halogenated alkanes) is 2. The number of carbonyl (C=O) groups is 1. The van der Waals surface area contributed by atoms with Gasteiger partial charge in [-0.15, -0.1) is 0 Å². The van der Waals surface area contributed by atoms with Crippen molar-refractivity contribution in [2.45, 2.75) is 57.3 Å². The number of carbonyl (C=O) groups excluding carboxylic acids is 1. The second-order valence-electron chi connectivity index (χ2n) is 8.03. The summed E-state index contributed by atoms with van der Waals surface area (Å²) in [5.74, 6) is 5.67. The Morgan fingerprint density at radius 1 is 1.32 bits per heavy atom. The lowest BCUT2D eigenvalue weighted by molar-refractivity contribution is -0.134. The third-order valence-corrected chi connectivity index (χ3v) is 5.58. The Kier molecular flexibility index (Phi) is 10.5. The van der Waals surface area contributed by atoms with E-state index >= 15 is 0 Å². The quantitative estimate of drug-likeness (QED) is 0.197. The molecule has 0 heterocycles. The van der Waals surface area contributed by atoms with Crippen LogP contribution in [0.5, 0.6) is 0 Å². The fourth-order valence-corrected chi connectivity index (χ4v) is 4.00. The molecule has 0 spiro atoms. The predicted octanol–water partition coefficient (Wildman–Crippen LogP) is 3.58. The number of allylic oxidation sites excluding steroid dienone is 1. The molecule has 0 aromatic heterocycles. The molecule has 2 N–H and O–H groups in total. The fourth-order valence-electron chi connectivity index (χ4n) is 4.00. The zero-order valence-electron chi connectivity index (χ0n) is 18.5. The largest absolute Gasteiger partial charge is 0.466 e. The Bertz CT molecular complexity index is 817. The molecule has 1 aromatic rings. The fraction of sp³-hybridized carbons (Fsp3) is 0.500. The van der Waals surface area contributed by atoms with Gasteiger partial charge in [-0.1, -0.05) is 60.8 Å². The second-order valence-corrected chi connectivity index (χ2v) is 8.03. The molecule has 31 heavy (non-hydrogen) atoms. The Morgan fingerprint density at radius 2 is 2.10 bits per heavy atom. The van der Waals surface area contributed by atoms with E-state index in [9.17, 15) is 15.0 Å². The van der Waals surface area contributed by atoms with Gasteiger partial charge >= 0.3 is 5.97 Å². The Labute approximate surface area is 185 Å². The van der Waals surface area contributed by atoms with Gasteiger partial charge in [0.2, 0.25) is 0 Å². The van der Waals surface area contributed by atoms with Crippen molar-refractivity contribution < 1.29 is 24.5 Å². The van der Waals surface area contributed by atoms with Gasteiger partial charge in [0, 0.05) is 19.6 Å². The molecular weight excluding hydrogens is 392 g/mol. The van der Waals surface area contributed by atoms with Crippen LogP contribution >= 0.6 is 0 Å². The summed E-state index contributed by atoms with van der Waals surface area (Å²) in [5.41, 5.74) is 3.09. The molecule has 0 amide bonds. The number of hydrogen-bond acceptors (Lipinski definition) is 5. The van der Waals surface area contributed by atoms with E-state index in [0.29, 0.717) is 19.4 Å². The molecule has 1 aliphatic rings. The number of aliphatic hydroxyl groups is 2. The lowest BCUT2D eigenvalue weighted by Crippen LogP contribution is -2.18. The lowest BCUT2D eigenvalue weighted by atomic mass is 9.88. The van der Waals surface area contributed by atoms with Gasteiger partial charge < -0.3 is 19.7 Å². The Morgan fingerprint density at radius 3 is 2.84 bits per heavy atom. The predicted molar refractivity (Wildman–Crippen MR) is 121 cm³/mol. The van der Waals surface area contributed by atoms with Crippen molar-refractivity contribution in [1.29, 1.82) is 0 Å². The summed E-state index contributed by atoms with van der Waals surface area (Å²) in [5, 5.41) is 20.8. The van der Waals surface area contributed by atoms with Gasteiger partial charge in [-0.05, 0) is 42.7 Å². The highest BCUT2D eigenvalue weighted by atomic mass is 16.5. The molecule has 0 radical (unpaired) electrons. The normalized spacial score (nSPS) is 21.7. The highest BCUT2D eigenvalue weighted by Crippen LogP contribution is 2.38. The van der Waals surface area contributed by atoms with Crippen LogP contribution in [0.3, 0.4) is 0 Å². The second kappa shape index (κ2) is 13.1. The first kappa shape index (κ1) is 24.9. The first-order valence-corrected chi connectivity index (χ1v) is 10.8. The molecule has 0 saturated heterocycles. The van der Waals surface area contributed by atoms with E-state index in [4.69, 9.17) is 4.74 Å². The molecule has 1 saturated carbocycles. The standard InChI is InChI=1S/C26H34O5/c1-19-15-25(28)24(23(19)11-6-4-5-7-12-26(29)31-3)14-13-22(27)17-20-9-8-10-21(16-20)18-30-2/h7-10,12,16,22-25,27-28H,1,4-6,11,15,17-18H2,2-3H3/b12-7+/t22-,23?,24-,25-/m1/s1. The molecule has 0 aliphatic heterocycles. The van der Waals surface area contributed by atoms with Crippen LogP contribution in [0.1, 0.15) is 43.2 Å². The van der Waals surface area contributed by atoms with E-state index in [1.807, 2.05) is 30.3 Å². The molecule has 168 valence electrons. The number of esters is 1. The summed E-state index contributed by atoms with van der Waals surface area (Å²) in [4.78, 5) is 11.1. The molecule has 1 aromatic carbocycles. The minimum atomic E-state index is -0.789. The van der Waals surface area contributed by atoms with E-state index in [1.165, 1.54) is 13.2 Å². The summed E-state index contributed by atoms with van der Waals surface area (Å²) >= 11 is 0. The van der Waals surface area contributed by atoms with Gasteiger partial charge in [0.25, 0.3) is 0 Å². The minimum Gasteiger partial charge on any atom is -0.466 e. The number of methoxy groups -OCH3 is 2.